The third-order valence-corrected chi connectivity index (χ3v) is 6.46. The lowest BCUT2D eigenvalue weighted by Gasteiger charge is -2.29. The Hall–Kier alpha value is -2.46. The first kappa shape index (κ1) is 23.2. The Morgan fingerprint density at radius 1 is 1.26 bits per heavy atom. The highest BCUT2D eigenvalue weighted by Crippen LogP contribution is 2.29. The van der Waals surface area contributed by atoms with Crippen LogP contribution < -0.4 is 10.6 Å². The summed E-state index contributed by atoms with van der Waals surface area (Å²) >= 11 is 2.67. The van der Waals surface area contributed by atoms with Gasteiger partial charge in [-0.1, -0.05) is 31.3 Å². The molecule has 0 aromatic carbocycles. The summed E-state index contributed by atoms with van der Waals surface area (Å²) in [7, 11) is 0. The van der Waals surface area contributed by atoms with Crippen LogP contribution in [0.2, 0.25) is 0 Å². The predicted octanol–water partition coefficient (Wildman–Crippen LogP) is 3.89. The highest BCUT2D eigenvalue weighted by molar-refractivity contribution is 7.15. The number of fused-ring (bicyclic) bond motifs is 1. The summed E-state index contributed by atoms with van der Waals surface area (Å²) in [4.78, 5) is 45.3. The molecule has 0 spiro atoms. The largest absolute Gasteiger partial charge is 0.444 e. The van der Waals surface area contributed by atoms with Crippen molar-refractivity contribution in [3.63, 3.8) is 0 Å². The third kappa shape index (κ3) is 6.04. The number of hydrogen-bond donors (Lipinski definition) is 2. The van der Waals surface area contributed by atoms with E-state index >= 15 is 0 Å². The monoisotopic (exact) mass is 464 g/mol. The van der Waals surface area contributed by atoms with E-state index < -0.39 is 11.6 Å². The average Bonchev–Trinajstić information content (AvgIpc) is 3.32. The first-order chi connectivity index (χ1) is 14.5. The van der Waals surface area contributed by atoms with E-state index in [4.69, 9.17) is 4.74 Å². The number of carbonyl (C=O) groups excluding carboxylic acids is 3. The van der Waals surface area contributed by atoms with Gasteiger partial charge in [0.1, 0.15) is 11.6 Å². The Bertz CT molecular complexity index is 947. The van der Waals surface area contributed by atoms with Crippen molar-refractivity contribution in [2.45, 2.75) is 59.2 Å². The van der Waals surface area contributed by atoms with Gasteiger partial charge < -0.3 is 20.3 Å². The molecule has 2 aromatic rings. The molecule has 31 heavy (non-hydrogen) atoms. The summed E-state index contributed by atoms with van der Waals surface area (Å²) in [6, 6.07) is 2.83. The standard InChI is InChI=1S/C21H28N4O4S2/c1-12(2)16(23-17(26)14-7-6-10-30-14)18(27)24-19-22-13-8-9-25(11-15(13)31-19)20(28)29-21(3,4)5/h6-7,10,12,16H,8-9,11H2,1-5H3,(H,23,26)(H,22,24,27). The summed E-state index contributed by atoms with van der Waals surface area (Å²) in [5.41, 5.74) is 0.327. The van der Waals surface area contributed by atoms with Crippen molar-refractivity contribution < 1.29 is 19.1 Å². The van der Waals surface area contributed by atoms with Crippen LogP contribution in [0, 0.1) is 5.92 Å². The van der Waals surface area contributed by atoms with Crippen molar-refractivity contribution in [3.05, 3.63) is 33.0 Å². The predicted molar refractivity (Wildman–Crippen MR) is 122 cm³/mol. The molecule has 0 saturated carbocycles. The molecule has 0 saturated heterocycles. The van der Waals surface area contributed by atoms with Crippen LogP contribution in [0.1, 0.15) is 54.9 Å². The zero-order valence-corrected chi connectivity index (χ0v) is 20.0. The van der Waals surface area contributed by atoms with Crippen molar-refractivity contribution in [2.75, 3.05) is 11.9 Å². The number of thiophene rings is 1. The Morgan fingerprint density at radius 3 is 2.61 bits per heavy atom. The maximum atomic E-state index is 12.9. The lowest BCUT2D eigenvalue weighted by molar-refractivity contribution is -0.118. The maximum absolute atomic E-state index is 12.9. The quantitative estimate of drug-likeness (QED) is 0.699. The molecule has 3 rings (SSSR count). The third-order valence-electron chi connectivity index (χ3n) is 4.59. The van der Waals surface area contributed by atoms with Gasteiger partial charge in [-0.15, -0.1) is 11.3 Å². The van der Waals surface area contributed by atoms with E-state index in [0.29, 0.717) is 29.5 Å². The topological polar surface area (TPSA) is 101 Å². The van der Waals surface area contributed by atoms with Gasteiger partial charge in [0.15, 0.2) is 5.13 Å². The highest BCUT2D eigenvalue weighted by atomic mass is 32.1. The smallest absolute Gasteiger partial charge is 0.410 e. The van der Waals surface area contributed by atoms with Crippen molar-refractivity contribution in [3.8, 4) is 0 Å². The summed E-state index contributed by atoms with van der Waals surface area (Å²) < 4.78 is 5.45. The lowest BCUT2D eigenvalue weighted by Crippen LogP contribution is -2.46. The summed E-state index contributed by atoms with van der Waals surface area (Å²) in [6.45, 7) is 10.2. The Balaban J connectivity index is 1.64. The van der Waals surface area contributed by atoms with Crippen molar-refractivity contribution in [2.24, 2.45) is 5.92 Å². The minimum absolute atomic E-state index is 0.0961. The summed E-state index contributed by atoms with van der Waals surface area (Å²) in [5.74, 6) is -0.675. The van der Waals surface area contributed by atoms with E-state index in [2.05, 4.69) is 15.6 Å². The van der Waals surface area contributed by atoms with Crippen LogP contribution in [0.4, 0.5) is 9.93 Å². The van der Waals surface area contributed by atoms with Crippen molar-refractivity contribution >= 4 is 45.7 Å². The van der Waals surface area contributed by atoms with Gasteiger partial charge in [-0.05, 0) is 38.1 Å². The number of rotatable bonds is 5. The van der Waals surface area contributed by atoms with E-state index in [-0.39, 0.29) is 23.8 Å². The van der Waals surface area contributed by atoms with Gasteiger partial charge in [-0.2, -0.15) is 0 Å². The second-order valence-corrected chi connectivity index (χ2v) is 10.7. The molecule has 8 nitrogen and oxygen atoms in total. The van der Waals surface area contributed by atoms with E-state index in [1.807, 2.05) is 40.0 Å². The molecule has 168 valence electrons. The normalized spacial score (nSPS) is 14.7. The molecule has 0 fully saturated rings. The number of thiazole rings is 1. The molecular formula is C21H28N4O4S2. The van der Waals surface area contributed by atoms with Gasteiger partial charge in [0, 0.05) is 17.8 Å². The Morgan fingerprint density at radius 2 is 2.00 bits per heavy atom. The second kappa shape index (κ2) is 9.35. The molecule has 10 heteroatoms. The molecule has 1 aliphatic heterocycles. The molecule has 0 radical (unpaired) electrons. The first-order valence-corrected chi connectivity index (χ1v) is 11.8. The zero-order chi connectivity index (χ0) is 22.8. The molecule has 2 N–H and O–H groups in total. The number of carbonyl (C=O) groups is 3. The molecule has 1 atom stereocenters. The van der Waals surface area contributed by atoms with Gasteiger partial charge in [0.05, 0.1) is 17.1 Å². The van der Waals surface area contributed by atoms with Crippen LogP contribution in [0.3, 0.4) is 0 Å². The van der Waals surface area contributed by atoms with E-state index in [1.54, 1.807) is 17.0 Å². The van der Waals surface area contributed by atoms with E-state index in [0.717, 1.165) is 10.6 Å². The molecule has 0 bridgehead atoms. The second-order valence-electron chi connectivity index (χ2n) is 8.70. The van der Waals surface area contributed by atoms with Crippen molar-refractivity contribution in [1.29, 1.82) is 0 Å². The zero-order valence-electron chi connectivity index (χ0n) is 18.4. The number of anilines is 1. The number of nitrogens with one attached hydrogen (secondary N) is 2. The van der Waals surface area contributed by atoms with Crippen molar-refractivity contribution in [1.82, 2.24) is 15.2 Å². The minimum atomic E-state index is -0.686. The van der Waals surface area contributed by atoms with Gasteiger partial charge in [-0.3, -0.25) is 9.59 Å². The summed E-state index contributed by atoms with van der Waals surface area (Å²) in [6.07, 6.45) is 0.247. The van der Waals surface area contributed by atoms with E-state index in [9.17, 15) is 14.4 Å². The fourth-order valence-electron chi connectivity index (χ4n) is 3.07. The molecule has 3 amide bonds. The number of amides is 3. The minimum Gasteiger partial charge on any atom is -0.444 e. The average molecular weight is 465 g/mol. The fraction of sp³-hybridized carbons (Fsp3) is 0.524. The highest BCUT2D eigenvalue weighted by Gasteiger charge is 2.30. The fourth-order valence-corrected chi connectivity index (χ4v) is 4.72. The summed E-state index contributed by atoms with van der Waals surface area (Å²) in [5, 5.41) is 7.94. The van der Waals surface area contributed by atoms with E-state index in [1.165, 1.54) is 22.7 Å². The SMILES string of the molecule is CC(C)C(NC(=O)c1cccs1)C(=O)Nc1nc2c(s1)CN(C(=O)OC(C)(C)C)CC2. The molecule has 3 heterocycles. The van der Waals surface area contributed by atoms with Crippen LogP contribution in [0.25, 0.3) is 0 Å². The number of nitrogens with zero attached hydrogens (tertiary/aromatic N) is 2. The molecule has 0 aliphatic carbocycles. The molecular weight excluding hydrogens is 436 g/mol. The van der Waals surface area contributed by atoms with Crippen LogP contribution in [-0.4, -0.2) is 46.0 Å². The molecule has 2 aromatic heterocycles. The Labute approximate surface area is 190 Å². The van der Waals surface area contributed by atoms with Gasteiger partial charge in [0.25, 0.3) is 5.91 Å². The Kier molecular flexibility index (Phi) is 7.00. The van der Waals surface area contributed by atoms with Gasteiger partial charge in [0.2, 0.25) is 5.91 Å². The number of aromatic nitrogens is 1. The van der Waals surface area contributed by atoms with Crippen LogP contribution in [0.5, 0.6) is 0 Å². The lowest BCUT2D eigenvalue weighted by atomic mass is 10.0. The number of ether oxygens (including phenoxy) is 1. The first-order valence-electron chi connectivity index (χ1n) is 10.1. The van der Waals surface area contributed by atoms with Crippen LogP contribution in [-0.2, 0) is 22.5 Å². The molecule has 1 unspecified atom stereocenters. The molecule has 1 aliphatic rings. The van der Waals surface area contributed by atoms with Gasteiger partial charge in [-0.25, -0.2) is 9.78 Å². The van der Waals surface area contributed by atoms with Crippen LogP contribution in [0.15, 0.2) is 17.5 Å². The van der Waals surface area contributed by atoms with Crippen LogP contribution >= 0.6 is 22.7 Å². The maximum Gasteiger partial charge on any atom is 0.410 e. The number of hydrogen-bond acceptors (Lipinski definition) is 7. The van der Waals surface area contributed by atoms with Gasteiger partial charge >= 0.3 is 6.09 Å².